The van der Waals surface area contributed by atoms with Crippen LogP contribution in [0.5, 0.6) is 0 Å². The number of rotatable bonds is 5. The maximum atomic E-state index is 12.8. The molecule has 180 valence electrons. The number of likely N-dealkylation sites (tertiary alicyclic amines) is 1. The summed E-state index contributed by atoms with van der Waals surface area (Å²) in [7, 11) is 0. The van der Waals surface area contributed by atoms with E-state index in [1.165, 1.54) is 25.7 Å². The molecule has 2 atom stereocenters. The van der Waals surface area contributed by atoms with Gasteiger partial charge in [0.25, 0.3) is 0 Å². The summed E-state index contributed by atoms with van der Waals surface area (Å²) in [6.45, 7) is 11.4. The van der Waals surface area contributed by atoms with Gasteiger partial charge in [-0.3, -0.25) is 4.79 Å². The lowest BCUT2D eigenvalue weighted by Crippen LogP contribution is -2.45. The van der Waals surface area contributed by atoms with Crippen LogP contribution < -0.4 is 10.2 Å². The van der Waals surface area contributed by atoms with Crippen LogP contribution in [-0.2, 0) is 17.8 Å². The summed E-state index contributed by atoms with van der Waals surface area (Å²) in [5.74, 6) is 3.91. The van der Waals surface area contributed by atoms with E-state index in [1.807, 2.05) is 0 Å². The van der Waals surface area contributed by atoms with E-state index in [4.69, 9.17) is 4.98 Å². The van der Waals surface area contributed by atoms with Crippen LogP contribution in [-0.4, -0.2) is 69.6 Å². The third-order valence-corrected chi connectivity index (χ3v) is 7.71. The van der Waals surface area contributed by atoms with Gasteiger partial charge in [-0.2, -0.15) is 0 Å². The summed E-state index contributed by atoms with van der Waals surface area (Å²) >= 11 is 0. The minimum absolute atomic E-state index is 0.0940. The quantitative estimate of drug-likeness (QED) is 0.750. The summed E-state index contributed by atoms with van der Waals surface area (Å²) < 4.78 is 2.29. The van der Waals surface area contributed by atoms with Crippen molar-refractivity contribution < 1.29 is 4.79 Å². The molecule has 0 saturated carbocycles. The number of carbonyl (C=O) groups excluding carboxylic acids is 1. The number of nitrogens with one attached hydrogen (secondary N) is 1. The Morgan fingerprint density at radius 3 is 2.64 bits per heavy atom. The van der Waals surface area contributed by atoms with Crippen LogP contribution in [0, 0.1) is 17.8 Å². The molecule has 2 fully saturated rings. The van der Waals surface area contributed by atoms with E-state index in [0.29, 0.717) is 0 Å². The van der Waals surface area contributed by atoms with E-state index in [-0.39, 0.29) is 11.8 Å². The van der Waals surface area contributed by atoms with E-state index in [0.717, 1.165) is 99.7 Å². The molecule has 0 aliphatic carbocycles. The van der Waals surface area contributed by atoms with E-state index in [9.17, 15) is 4.79 Å². The van der Waals surface area contributed by atoms with Crippen molar-refractivity contribution in [3.8, 4) is 0 Å². The van der Waals surface area contributed by atoms with Crippen molar-refractivity contribution in [3.63, 3.8) is 0 Å². The van der Waals surface area contributed by atoms with Crippen LogP contribution in [0.2, 0.25) is 0 Å². The van der Waals surface area contributed by atoms with Crippen LogP contribution in [0.4, 0.5) is 5.82 Å². The molecule has 0 aromatic carbocycles. The van der Waals surface area contributed by atoms with E-state index >= 15 is 0 Å². The Labute approximate surface area is 197 Å². The molecule has 1 amide bonds. The average molecular weight is 454 g/mol. The fraction of sp³-hybridized carbons (Fsp3) is 0.760. The van der Waals surface area contributed by atoms with Crippen molar-refractivity contribution in [1.82, 2.24) is 29.7 Å². The summed E-state index contributed by atoms with van der Waals surface area (Å²) in [6, 6.07) is 0. The van der Waals surface area contributed by atoms with Gasteiger partial charge in [0, 0.05) is 58.2 Å². The molecule has 1 N–H and O–H groups in total. The molecule has 0 radical (unpaired) electrons. The number of fused-ring (bicyclic) bond motifs is 3. The number of anilines is 1. The van der Waals surface area contributed by atoms with Crippen LogP contribution in [0.25, 0.3) is 11.2 Å². The van der Waals surface area contributed by atoms with Crippen molar-refractivity contribution in [2.75, 3.05) is 44.2 Å². The third kappa shape index (κ3) is 5.00. The second kappa shape index (κ2) is 9.95. The highest BCUT2D eigenvalue weighted by atomic mass is 16.1. The highest BCUT2D eigenvalue weighted by Gasteiger charge is 2.28. The molecule has 5 rings (SSSR count). The molecule has 2 unspecified atom stereocenters. The first-order valence-corrected chi connectivity index (χ1v) is 13.0. The van der Waals surface area contributed by atoms with Crippen molar-refractivity contribution in [2.45, 2.75) is 65.3 Å². The van der Waals surface area contributed by atoms with Gasteiger partial charge in [0.05, 0.1) is 0 Å². The van der Waals surface area contributed by atoms with Gasteiger partial charge in [0.2, 0.25) is 5.91 Å². The first-order chi connectivity index (χ1) is 16.1. The molecule has 3 aliphatic rings. The van der Waals surface area contributed by atoms with Crippen LogP contribution in [0.1, 0.15) is 58.2 Å². The molecule has 5 heterocycles. The highest BCUT2D eigenvalue weighted by molar-refractivity contribution is 5.84. The standard InChI is InChI=1S/C25H39N7O/c1-18-14-19(2)16-30(15-18)13-9-26-25(33)20-7-11-31(12-8-20)23-22-24(28-17-27-23)32-10-5-3-4-6-21(32)29-22/h17-20H,3-16H2,1-2H3,(H,26,33). The molecular formula is C25H39N7O. The minimum atomic E-state index is 0.0940. The molecule has 0 spiro atoms. The Bertz CT molecular complexity index is 955. The molecule has 3 aliphatic heterocycles. The predicted molar refractivity (Wildman–Crippen MR) is 130 cm³/mol. The molecule has 0 bridgehead atoms. The number of imidazole rings is 1. The largest absolute Gasteiger partial charge is 0.355 e. The lowest BCUT2D eigenvalue weighted by molar-refractivity contribution is -0.125. The Balaban J connectivity index is 1.15. The third-order valence-electron chi connectivity index (χ3n) is 7.71. The molecule has 2 saturated heterocycles. The van der Waals surface area contributed by atoms with Gasteiger partial charge in [-0.25, -0.2) is 15.0 Å². The summed E-state index contributed by atoms with van der Waals surface area (Å²) in [5, 5.41) is 3.21. The van der Waals surface area contributed by atoms with Crippen molar-refractivity contribution in [3.05, 3.63) is 12.2 Å². The van der Waals surface area contributed by atoms with E-state index in [1.54, 1.807) is 6.33 Å². The number of aryl methyl sites for hydroxylation is 2. The Morgan fingerprint density at radius 2 is 1.85 bits per heavy atom. The monoisotopic (exact) mass is 453 g/mol. The second-order valence-electron chi connectivity index (χ2n) is 10.6. The van der Waals surface area contributed by atoms with Gasteiger partial charge in [0.15, 0.2) is 17.0 Å². The first-order valence-electron chi connectivity index (χ1n) is 13.0. The zero-order chi connectivity index (χ0) is 22.8. The normalized spacial score (nSPS) is 25.1. The Kier molecular flexibility index (Phi) is 6.81. The number of nitrogens with zero attached hydrogens (tertiary/aromatic N) is 6. The van der Waals surface area contributed by atoms with Gasteiger partial charge >= 0.3 is 0 Å². The van der Waals surface area contributed by atoms with Crippen LogP contribution in [0.3, 0.4) is 0 Å². The number of carbonyl (C=O) groups is 1. The summed E-state index contributed by atoms with van der Waals surface area (Å²) in [4.78, 5) is 31.7. The molecule has 8 nitrogen and oxygen atoms in total. The lowest BCUT2D eigenvalue weighted by atomic mass is 9.92. The van der Waals surface area contributed by atoms with Gasteiger partial charge in [-0.05, 0) is 43.9 Å². The first kappa shape index (κ1) is 22.6. The van der Waals surface area contributed by atoms with Crippen LogP contribution in [0.15, 0.2) is 6.33 Å². The summed E-state index contributed by atoms with van der Waals surface area (Å²) in [5.41, 5.74) is 1.90. The zero-order valence-electron chi connectivity index (χ0n) is 20.3. The molecule has 2 aromatic rings. The number of piperidine rings is 2. The highest BCUT2D eigenvalue weighted by Crippen LogP contribution is 2.29. The van der Waals surface area contributed by atoms with E-state index < -0.39 is 0 Å². The summed E-state index contributed by atoms with van der Waals surface area (Å²) in [6.07, 6.45) is 9.39. The van der Waals surface area contributed by atoms with Gasteiger partial charge in [0.1, 0.15) is 12.2 Å². The predicted octanol–water partition coefficient (Wildman–Crippen LogP) is 2.86. The fourth-order valence-corrected chi connectivity index (χ4v) is 6.17. The smallest absolute Gasteiger partial charge is 0.223 e. The van der Waals surface area contributed by atoms with Crippen LogP contribution >= 0.6 is 0 Å². The van der Waals surface area contributed by atoms with Crippen molar-refractivity contribution in [1.29, 1.82) is 0 Å². The fourth-order valence-electron chi connectivity index (χ4n) is 6.17. The SMILES string of the molecule is CC1CC(C)CN(CCNC(=O)C2CCN(c3ncnc4c3nc3n4CCCCC3)CC2)C1. The van der Waals surface area contributed by atoms with Crippen molar-refractivity contribution >= 4 is 22.9 Å². The zero-order valence-corrected chi connectivity index (χ0v) is 20.3. The average Bonchev–Trinajstić information content (AvgIpc) is 2.99. The minimum Gasteiger partial charge on any atom is -0.355 e. The number of hydrogen-bond donors (Lipinski definition) is 1. The topological polar surface area (TPSA) is 79.2 Å². The van der Waals surface area contributed by atoms with Gasteiger partial charge < -0.3 is 19.7 Å². The number of amides is 1. The van der Waals surface area contributed by atoms with Crippen molar-refractivity contribution in [2.24, 2.45) is 17.8 Å². The number of hydrogen-bond acceptors (Lipinski definition) is 6. The Morgan fingerprint density at radius 1 is 1.06 bits per heavy atom. The van der Waals surface area contributed by atoms with E-state index in [2.05, 4.69) is 43.5 Å². The molecule has 8 heteroatoms. The second-order valence-corrected chi connectivity index (χ2v) is 10.6. The van der Waals surface area contributed by atoms with Gasteiger partial charge in [-0.1, -0.05) is 20.3 Å². The maximum Gasteiger partial charge on any atom is 0.223 e. The number of aromatic nitrogens is 4. The molecular weight excluding hydrogens is 414 g/mol. The maximum absolute atomic E-state index is 12.8. The lowest BCUT2D eigenvalue weighted by Gasteiger charge is -2.35. The molecule has 2 aromatic heterocycles. The Hall–Kier alpha value is -2.22. The van der Waals surface area contributed by atoms with Gasteiger partial charge in [-0.15, -0.1) is 0 Å². The molecule has 33 heavy (non-hydrogen) atoms.